The number of hydrogen-bond donors (Lipinski definition) is 1. The lowest BCUT2D eigenvalue weighted by Crippen LogP contribution is -3.15. The zero-order valence-corrected chi connectivity index (χ0v) is 16.3. The molecule has 28 heavy (non-hydrogen) atoms. The number of carbonyl (C=O) groups excluding carboxylic acids is 1. The van der Waals surface area contributed by atoms with Crippen LogP contribution < -0.4 is 4.90 Å². The summed E-state index contributed by atoms with van der Waals surface area (Å²) in [5.41, 5.74) is 2.27. The maximum atomic E-state index is 12.4. The summed E-state index contributed by atoms with van der Waals surface area (Å²) in [5, 5.41) is 0. The zero-order chi connectivity index (χ0) is 19.4. The number of benzene rings is 2. The van der Waals surface area contributed by atoms with Crippen molar-refractivity contribution in [2.24, 2.45) is 0 Å². The summed E-state index contributed by atoms with van der Waals surface area (Å²) in [6.45, 7) is 5.10. The minimum absolute atomic E-state index is 0.162. The lowest BCUT2D eigenvalue weighted by Gasteiger charge is -2.27. The van der Waals surface area contributed by atoms with Gasteiger partial charge >= 0.3 is 5.97 Å². The van der Waals surface area contributed by atoms with Crippen LogP contribution in [0.3, 0.4) is 0 Å². The van der Waals surface area contributed by atoms with E-state index >= 15 is 0 Å². The molecule has 1 aliphatic rings. The third kappa shape index (κ3) is 7.43. The Kier molecular flexibility index (Phi) is 8.50. The molecule has 5 heteroatoms. The monoisotopic (exact) mass is 384 g/mol. The quantitative estimate of drug-likeness (QED) is 0.633. The van der Waals surface area contributed by atoms with Gasteiger partial charge in [0.25, 0.3) is 0 Å². The summed E-state index contributed by atoms with van der Waals surface area (Å²) in [4.78, 5) is 13.8. The molecule has 3 rings (SSSR count). The van der Waals surface area contributed by atoms with Crippen LogP contribution in [0.15, 0.2) is 60.7 Å². The van der Waals surface area contributed by atoms with Crippen LogP contribution in [0.1, 0.15) is 17.5 Å². The molecule has 150 valence electrons. The van der Waals surface area contributed by atoms with Crippen LogP contribution in [0.25, 0.3) is 0 Å². The molecule has 0 amide bonds. The molecule has 1 N–H and O–H groups in total. The van der Waals surface area contributed by atoms with Crippen molar-refractivity contribution in [1.29, 1.82) is 0 Å². The number of quaternary nitrogens is 1. The van der Waals surface area contributed by atoms with Crippen molar-refractivity contribution < 1.29 is 23.9 Å². The van der Waals surface area contributed by atoms with Crippen LogP contribution in [-0.2, 0) is 32.0 Å². The van der Waals surface area contributed by atoms with E-state index in [4.69, 9.17) is 14.2 Å². The van der Waals surface area contributed by atoms with Crippen molar-refractivity contribution in [2.45, 2.75) is 25.6 Å². The van der Waals surface area contributed by atoms with Gasteiger partial charge in [0.15, 0.2) is 6.10 Å². The minimum atomic E-state index is -0.236. The summed E-state index contributed by atoms with van der Waals surface area (Å²) in [6, 6.07) is 20.1. The Morgan fingerprint density at radius 2 is 1.61 bits per heavy atom. The summed E-state index contributed by atoms with van der Waals surface area (Å²) in [6.07, 6.45) is 0.847. The second kappa shape index (κ2) is 11.6. The third-order valence-electron chi connectivity index (χ3n) is 4.89. The van der Waals surface area contributed by atoms with Crippen LogP contribution >= 0.6 is 0 Å². The molecule has 0 aliphatic carbocycles. The lowest BCUT2D eigenvalue weighted by atomic mass is 10.1. The van der Waals surface area contributed by atoms with Crippen molar-refractivity contribution in [1.82, 2.24) is 0 Å². The predicted molar refractivity (Wildman–Crippen MR) is 107 cm³/mol. The first-order valence-electron chi connectivity index (χ1n) is 10.1. The van der Waals surface area contributed by atoms with E-state index in [0.29, 0.717) is 26.1 Å². The first-order chi connectivity index (χ1) is 13.8. The summed E-state index contributed by atoms with van der Waals surface area (Å²) >= 11 is 0. The lowest BCUT2D eigenvalue weighted by molar-refractivity contribution is -0.910. The van der Waals surface area contributed by atoms with Gasteiger partial charge in [-0.3, -0.25) is 4.79 Å². The molecule has 2 aromatic rings. The molecule has 0 spiro atoms. The van der Waals surface area contributed by atoms with E-state index in [1.165, 1.54) is 4.90 Å². The van der Waals surface area contributed by atoms with E-state index in [9.17, 15) is 4.79 Å². The fourth-order valence-corrected chi connectivity index (χ4v) is 3.34. The minimum Gasteiger partial charge on any atom is -0.454 e. The fraction of sp³-hybridized carbons (Fsp3) is 0.435. The maximum absolute atomic E-state index is 12.4. The van der Waals surface area contributed by atoms with Gasteiger partial charge in [-0.25, -0.2) is 0 Å². The Labute approximate surface area is 167 Å². The van der Waals surface area contributed by atoms with E-state index in [-0.39, 0.29) is 12.1 Å². The topological polar surface area (TPSA) is 49.2 Å². The van der Waals surface area contributed by atoms with Gasteiger partial charge in [0, 0.05) is 6.42 Å². The SMILES string of the molecule is O=C(CCc1ccccc1)OC(COCc1ccccc1)C[NH+]1CCOCC1. The Bertz CT molecular complexity index is 686. The van der Waals surface area contributed by atoms with Gasteiger partial charge in [0.1, 0.15) is 19.6 Å². The summed E-state index contributed by atoms with van der Waals surface area (Å²) in [5.74, 6) is -0.162. The summed E-state index contributed by atoms with van der Waals surface area (Å²) in [7, 11) is 0. The molecule has 1 heterocycles. The van der Waals surface area contributed by atoms with Gasteiger partial charge in [-0.15, -0.1) is 0 Å². The second-order valence-electron chi connectivity index (χ2n) is 7.16. The van der Waals surface area contributed by atoms with Crippen molar-refractivity contribution in [3.05, 3.63) is 71.8 Å². The van der Waals surface area contributed by atoms with Crippen molar-refractivity contribution in [3.63, 3.8) is 0 Å². The van der Waals surface area contributed by atoms with E-state index in [2.05, 4.69) is 0 Å². The van der Waals surface area contributed by atoms with Crippen LogP contribution in [0, 0.1) is 0 Å². The molecule has 1 saturated heterocycles. The van der Waals surface area contributed by atoms with Crippen LogP contribution in [0.5, 0.6) is 0 Å². The summed E-state index contributed by atoms with van der Waals surface area (Å²) < 4.78 is 17.1. The van der Waals surface area contributed by atoms with Crippen LogP contribution in [-0.4, -0.2) is 51.5 Å². The van der Waals surface area contributed by atoms with Gasteiger partial charge in [-0.2, -0.15) is 0 Å². The molecular formula is C23H30NO4+. The number of aryl methyl sites for hydroxylation is 1. The number of hydrogen-bond acceptors (Lipinski definition) is 4. The van der Waals surface area contributed by atoms with E-state index in [0.717, 1.165) is 44.0 Å². The van der Waals surface area contributed by atoms with Gasteiger partial charge in [0.2, 0.25) is 0 Å². The highest BCUT2D eigenvalue weighted by molar-refractivity contribution is 5.69. The highest BCUT2D eigenvalue weighted by Crippen LogP contribution is 2.06. The first-order valence-corrected chi connectivity index (χ1v) is 10.1. The Hall–Kier alpha value is -2.21. The molecule has 0 radical (unpaired) electrons. The predicted octanol–water partition coefficient (Wildman–Crippen LogP) is 1.66. The van der Waals surface area contributed by atoms with Gasteiger partial charge in [-0.05, 0) is 17.5 Å². The van der Waals surface area contributed by atoms with E-state index < -0.39 is 0 Å². The van der Waals surface area contributed by atoms with Crippen LogP contribution in [0.4, 0.5) is 0 Å². The zero-order valence-electron chi connectivity index (χ0n) is 16.3. The molecule has 0 bridgehead atoms. The number of nitrogens with one attached hydrogen (secondary N) is 1. The number of carbonyl (C=O) groups is 1. The molecule has 0 saturated carbocycles. The van der Waals surface area contributed by atoms with Crippen LogP contribution in [0.2, 0.25) is 0 Å². The third-order valence-corrected chi connectivity index (χ3v) is 4.89. The standard InChI is InChI=1S/C23H29NO4/c25-23(12-11-20-7-3-1-4-8-20)28-22(17-24-13-15-26-16-14-24)19-27-18-21-9-5-2-6-10-21/h1-10,22H,11-19H2/p+1. The van der Waals surface area contributed by atoms with Crippen molar-refractivity contribution in [3.8, 4) is 0 Å². The number of rotatable bonds is 10. The van der Waals surface area contributed by atoms with E-state index in [1.54, 1.807) is 0 Å². The fourth-order valence-electron chi connectivity index (χ4n) is 3.34. The van der Waals surface area contributed by atoms with E-state index in [1.807, 2.05) is 60.7 Å². The van der Waals surface area contributed by atoms with Gasteiger partial charge in [-0.1, -0.05) is 60.7 Å². The molecule has 1 fully saturated rings. The van der Waals surface area contributed by atoms with Gasteiger partial charge in [0.05, 0.1) is 26.4 Å². The highest BCUT2D eigenvalue weighted by Gasteiger charge is 2.23. The van der Waals surface area contributed by atoms with Gasteiger partial charge < -0.3 is 19.1 Å². The molecular weight excluding hydrogens is 354 g/mol. The maximum Gasteiger partial charge on any atom is 0.306 e. The average Bonchev–Trinajstić information content (AvgIpc) is 2.74. The molecule has 0 aromatic heterocycles. The molecule has 1 aliphatic heterocycles. The molecule has 1 unspecified atom stereocenters. The smallest absolute Gasteiger partial charge is 0.306 e. The Morgan fingerprint density at radius 1 is 0.964 bits per heavy atom. The molecule has 5 nitrogen and oxygen atoms in total. The molecule has 1 atom stereocenters. The van der Waals surface area contributed by atoms with Crippen molar-refractivity contribution in [2.75, 3.05) is 39.5 Å². The number of morpholine rings is 1. The first kappa shape index (κ1) is 20.5. The number of ether oxygens (including phenoxy) is 3. The average molecular weight is 384 g/mol. The Morgan fingerprint density at radius 3 is 2.29 bits per heavy atom. The normalized spacial score (nSPS) is 15.9. The second-order valence-corrected chi connectivity index (χ2v) is 7.16. The van der Waals surface area contributed by atoms with Crippen molar-refractivity contribution >= 4 is 5.97 Å². The number of esters is 1. The molecule has 2 aromatic carbocycles. The Balaban J connectivity index is 1.48. The highest BCUT2D eigenvalue weighted by atomic mass is 16.6. The largest absolute Gasteiger partial charge is 0.454 e.